The lowest BCUT2D eigenvalue weighted by Crippen LogP contribution is -2.35. The molecule has 0 aromatic heterocycles. The maximum absolute atomic E-state index is 13.3. The van der Waals surface area contributed by atoms with Crippen LogP contribution < -0.4 is 0 Å². The molecule has 0 amide bonds. The molecular formula is C24H27NO2. The van der Waals surface area contributed by atoms with E-state index in [-0.39, 0.29) is 11.2 Å². The van der Waals surface area contributed by atoms with Crippen molar-refractivity contribution in [2.75, 3.05) is 6.61 Å². The maximum atomic E-state index is 13.3. The van der Waals surface area contributed by atoms with Gasteiger partial charge in [0.05, 0.1) is 12.2 Å². The zero-order chi connectivity index (χ0) is 19.4. The molecule has 0 bridgehead atoms. The quantitative estimate of drug-likeness (QED) is 0.519. The van der Waals surface area contributed by atoms with Gasteiger partial charge >= 0.3 is 0 Å². The summed E-state index contributed by atoms with van der Waals surface area (Å²) in [5, 5.41) is 9.18. The van der Waals surface area contributed by atoms with Crippen molar-refractivity contribution in [1.29, 1.82) is 5.26 Å². The largest absolute Gasteiger partial charge is 0.379 e. The van der Waals surface area contributed by atoms with Crippen molar-refractivity contribution in [2.24, 2.45) is 5.41 Å². The number of hydrogen-bond donors (Lipinski definition) is 0. The molecule has 0 atom stereocenters. The van der Waals surface area contributed by atoms with Crippen LogP contribution in [-0.4, -0.2) is 18.5 Å². The normalized spacial score (nSPS) is 25.4. The zero-order valence-electron chi connectivity index (χ0n) is 16.3. The van der Waals surface area contributed by atoms with Crippen molar-refractivity contribution in [3.8, 4) is 6.07 Å². The molecule has 3 rings (SSSR count). The summed E-state index contributed by atoms with van der Waals surface area (Å²) in [6.45, 7) is 8.48. The van der Waals surface area contributed by atoms with Crippen molar-refractivity contribution in [3.05, 3.63) is 65.3 Å². The monoisotopic (exact) mass is 361 g/mol. The van der Waals surface area contributed by atoms with Crippen LogP contribution in [0, 0.1) is 16.7 Å². The van der Waals surface area contributed by atoms with E-state index in [4.69, 9.17) is 4.74 Å². The number of nitriles is 1. The lowest BCUT2D eigenvalue weighted by molar-refractivity contribution is 0.00748. The topological polar surface area (TPSA) is 50.1 Å². The molecule has 3 nitrogen and oxygen atoms in total. The Hall–Kier alpha value is -2.44. The van der Waals surface area contributed by atoms with Gasteiger partial charge in [-0.25, -0.2) is 0 Å². The fourth-order valence-electron chi connectivity index (χ4n) is 4.41. The molecular weight excluding hydrogens is 334 g/mol. The number of fused-ring (bicyclic) bond motifs is 1. The molecule has 0 aliphatic heterocycles. The van der Waals surface area contributed by atoms with Gasteiger partial charge in [0.1, 0.15) is 0 Å². The van der Waals surface area contributed by atoms with Gasteiger partial charge in [-0.3, -0.25) is 4.79 Å². The van der Waals surface area contributed by atoms with Crippen LogP contribution in [0.3, 0.4) is 0 Å². The fourth-order valence-corrected chi connectivity index (χ4v) is 4.41. The minimum atomic E-state index is -0.242. The van der Waals surface area contributed by atoms with Gasteiger partial charge in [-0.2, -0.15) is 5.26 Å². The second kappa shape index (κ2) is 8.06. The second-order valence-electron chi connectivity index (χ2n) is 7.47. The van der Waals surface area contributed by atoms with Gasteiger partial charge in [0.2, 0.25) is 0 Å². The minimum absolute atomic E-state index is 0.242. The van der Waals surface area contributed by atoms with Gasteiger partial charge in [0.15, 0.2) is 5.78 Å². The smallest absolute Gasteiger partial charge is 0.169 e. The third-order valence-electron chi connectivity index (χ3n) is 5.96. The molecule has 0 saturated heterocycles. The SMILES string of the molecule is C=C/C(=C\C(C#N)=C/C)c1ccc2c(c1)C(=O)C1(CCC(OCC)CC1)C2. The van der Waals surface area contributed by atoms with Crippen LogP contribution >= 0.6 is 0 Å². The van der Waals surface area contributed by atoms with E-state index in [0.717, 1.165) is 61.0 Å². The Labute approximate surface area is 162 Å². The maximum Gasteiger partial charge on any atom is 0.169 e. The number of allylic oxidation sites excluding steroid dienone is 5. The van der Waals surface area contributed by atoms with Crippen LogP contribution in [0.15, 0.2) is 48.6 Å². The molecule has 0 heterocycles. The van der Waals surface area contributed by atoms with E-state index in [1.54, 1.807) is 12.2 Å². The second-order valence-corrected chi connectivity index (χ2v) is 7.47. The summed E-state index contributed by atoms with van der Waals surface area (Å²) in [6, 6.07) is 8.26. The molecule has 2 aliphatic rings. The lowest BCUT2D eigenvalue weighted by Gasteiger charge is -2.35. The summed E-state index contributed by atoms with van der Waals surface area (Å²) in [5.41, 5.74) is 4.13. The van der Waals surface area contributed by atoms with Crippen LogP contribution in [0.4, 0.5) is 0 Å². The zero-order valence-corrected chi connectivity index (χ0v) is 16.3. The number of nitrogens with zero attached hydrogens (tertiary/aromatic N) is 1. The summed E-state index contributed by atoms with van der Waals surface area (Å²) in [4.78, 5) is 13.3. The third-order valence-corrected chi connectivity index (χ3v) is 5.96. The fraction of sp³-hybridized carbons (Fsp3) is 0.417. The summed E-state index contributed by atoms with van der Waals surface area (Å²) >= 11 is 0. The van der Waals surface area contributed by atoms with Crippen molar-refractivity contribution < 1.29 is 9.53 Å². The number of ether oxygens (including phenoxy) is 1. The molecule has 140 valence electrons. The summed E-state index contributed by atoms with van der Waals surface area (Å²) in [6.07, 6.45) is 10.2. The van der Waals surface area contributed by atoms with Gasteiger partial charge in [-0.05, 0) is 74.8 Å². The summed E-state index contributed by atoms with van der Waals surface area (Å²) in [7, 11) is 0. The molecule has 1 aromatic carbocycles. The van der Waals surface area contributed by atoms with E-state index in [2.05, 4.69) is 18.7 Å². The van der Waals surface area contributed by atoms with E-state index in [9.17, 15) is 10.1 Å². The highest BCUT2D eigenvalue weighted by Gasteiger charge is 2.47. The Morgan fingerprint density at radius 2 is 2.15 bits per heavy atom. The first kappa shape index (κ1) is 19.3. The van der Waals surface area contributed by atoms with Gasteiger partial charge in [0, 0.05) is 23.2 Å². The number of ketones is 1. The van der Waals surface area contributed by atoms with Gasteiger partial charge < -0.3 is 4.74 Å². The third kappa shape index (κ3) is 3.68. The standard InChI is InChI=1S/C24H27NO2/c1-4-17(16-25)13-18(5-2)19-7-8-20-15-24(23(26)22(20)14-19)11-9-21(10-12-24)27-6-3/h4-5,7-8,13-14,21H,2,6,9-12,15H2,1,3H3/b17-4+,18-13+. The predicted molar refractivity (Wildman–Crippen MR) is 108 cm³/mol. The highest BCUT2D eigenvalue weighted by atomic mass is 16.5. The summed E-state index contributed by atoms with van der Waals surface area (Å²) in [5.74, 6) is 0.282. The van der Waals surface area contributed by atoms with Crippen molar-refractivity contribution >= 4 is 11.4 Å². The molecule has 0 N–H and O–H groups in total. The van der Waals surface area contributed by atoms with Crippen molar-refractivity contribution in [3.63, 3.8) is 0 Å². The minimum Gasteiger partial charge on any atom is -0.379 e. The first-order valence-electron chi connectivity index (χ1n) is 9.77. The van der Waals surface area contributed by atoms with Crippen LogP contribution in [0.1, 0.15) is 61.0 Å². The molecule has 2 aliphatic carbocycles. The van der Waals surface area contributed by atoms with Crippen LogP contribution in [0.25, 0.3) is 5.57 Å². The Morgan fingerprint density at radius 3 is 2.74 bits per heavy atom. The lowest BCUT2D eigenvalue weighted by atomic mass is 9.70. The van der Waals surface area contributed by atoms with E-state index in [1.807, 2.05) is 32.1 Å². The van der Waals surface area contributed by atoms with E-state index >= 15 is 0 Å². The Kier molecular flexibility index (Phi) is 5.77. The number of hydrogen-bond acceptors (Lipinski definition) is 3. The molecule has 0 unspecified atom stereocenters. The molecule has 3 heteroatoms. The first-order chi connectivity index (χ1) is 13.1. The van der Waals surface area contributed by atoms with Crippen LogP contribution in [0.5, 0.6) is 0 Å². The number of carbonyl (C=O) groups is 1. The van der Waals surface area contributed by atoms with E-state index in [1.165, 1.54) is 0 Å². The molecule has 1 aromatic rings. The number of Topliss-reactive ketones (excluding diaryl/α,β-unsaturated/α-hetero) is 1. The van der Waals surface area contributed by atoms with Gasteiger partial charge in [-0.15, -0.1) is 0 Å². The van der Waals surface area contributed by atoms with Gasteiger partial charge in [0.25, 0.3) is 0 Å². The number of rotatable bonds is 5. The predicted octanol–water partition coefficient (Wildman–Crippen LogP) is 5.43. The average Bonchev–Trinajstić information content (AvgIpc) is 2.96. The van der Waals surface area contributed by atoms with Crippen LogP contribution in [-0.2, 0) is 11.2 Å². The van der Waals surface area contributed by atoms with Crippen molar-refractivity contribution in [1.82, 2.24) is 0 Å². The Balaban J connectivity index is 1.87. The summed E-state index contributed by atoms with van der Waals surface area (Å²) < 4.78 is 5.76. The first-order valence-corrected chi connectivity index (χ1v) is 9.77. The highest BCUT2D eigenvalue weighted by Crippen LogP contribution is 2.48. The average molecular weight is 361 g/mol. The molecule has 1 fully saturated rings. The Bertz CT molecular complexity index is 846. The van der Waals surface area contributed by atoms with Crippen molar-refractivity contribution in [2.45, 2.75) is 52.1 Å². The van der Waals surface area contributed by atoms with Crippen LogP contribution in [0.2, 0.25) is 0 Å². The molecule has 1 saturated carbocycles. The Morgan fingerprint density at radius 1 is 1.41 bits per heavy atom. The number of carbonyl (C=O) groups excluding carboxylic acids is 1. The van der Waals surface area contributed by atoms with E-state index in [0.29, 0.717) is 11.7 Å². The molecule has 27 heavy (non-hydrogen) atoms. The number of benzene rings is 1. The highest BCUT2D eigenvalue weighted by molar-refractivity contribution is 6.05. The van der Waals surface area contributed by atoms with E-state index < -0.39 is 0 Å². The van der Waals surface area contributed by atoms with Gasteiger partial charge in [-0.1, -0.05) is 30.9 Å². The molecule has 0 radical (unpaired) electrons. The molecule has 1 spiro atoms.